The SMILES string of the molecule is NNc1ncc(Br)c(N2CCC3(CCCCC3)C2)n1. The van der Waals surface area contributed by atoms with Gasteiger partial charge >= 0.3 is 0 Å². The molecule has 2 heterocycles. The van der Waals surface area contributed by atoms with Crippen LogP contribution in [0, 0.1) is 5.41 Å². The Bertz CT molecular complexity index is 458. The van der Waals surface area contributed by atoms with Crippen molar-refractivity contribution in [3.05, 3.63) is 10.7 Å². The van der Waals surface area contributed by atoms with Crippen LogP contribution in [0.25, 0.3) is 0 Å². The number of halogens is 1. The highest BCUT2D eigenvalue weighted by Crippen LogP contribution is 2.45. The zero-order valence-corrected chi connectivity index (χ0v) is 12.6. The van der Waals surface area contributed by atoms with Gasteiger partial charge in [0.15, 0.2) is 0 Å². The fourth-order valence-corrected chi connectivity index (χ4v) is 3.92. The van der Waals surface area contributed by atoms with Crippen LogP contribution in [0.5, 0.6) is 0 Å². The van der Waals surface area contributed by atoms with Gasteiger partial charge in [0, 0.05) is 19.3 Å². The fourth-order valence-electron chi connectivity index (χ4n) is 3.48. The van der Waals surface area contributed by atoms with Crippen LogP contribution >= 0.6 is 15.9 Å². The number of rotatable bonds is 2. The van der Waals surface area contributed by atoms with E-state index >= 15 is 0 Å². The van der Waals surface area contributed by atoms with Gasteiger partial charge in [0.2, 0.25) is 5.95 Å². The van der Waals surface area contributed by atoms with Crippen LogP contribution in [0.1, 0.15) is 38.5 Å². The molecular weight excluding hydrogens is 306 g/mol. The van der Waals surface area contributed by atoms with Crippen molar-refractivity contribution in [3.63, 3.8) is 0 Å². The highest BCUT2D eigenvalue weighted by Gasteiger charge is 2.39. The second-order valence-corrected chi connectivity index (χ2v) is 6.60. The molecule has 19 heavy (non-hydrogen) atoms. The van der Waals surface area contributed by atoms with E-state index in [-0.39, 0.29) is 0 Å². The van der Waals surface area contributed by atoms with E-state index in [1.807, 2.05) is 0 Å². The maximum atomic E-state index is 5.39. The van der Waals surface area contributed by atoms with Gasteiger partial charge in [-0.2, -0.15) is 4.98 Å². The largest absolute Gasteiger partial charge is 0.355 e. The number of hydrogen-bond acceptors (Lipinski definition) is 5. The van der Waals surface area contributed by atoms with Crippen molar-refractivity contribution >= 4 is 27.7 Å². The molecule has 1 saturated heterocycles. The van der Waals surface area contributed by atoms with Gasteiger partial charge in [-0.05, 0) is 40.6 Å². The number of nitrogens with one attached hydrogen (secondary N) is 1. The van der Waals surface area contributed by atoms with Crippen LogP contribution in [0.2, 0.25) is 0 Å². The van der Waals surface area contributed by atoms with Gasteiger partial charge in [-0.15, -0.1) is 0 Å². The van der Waals surface area contributed by atoms with E-state index in [1.54, 1.807) is 6.20 Å². The second kappa shape index (κ2) is 5.25. The molecule has 0 bridgehead atoms. The molecule has 3 rings (SSSR count). The van der Waals surface area contributed by atoms with Crippen molar-refractivity contribution in [1.82, 2.24) is 9.97 Å². The normalized spacial score (nSPS) is 21.9. The van der Waals surface area contributed by atoms with Gasteiger partial charge in [-0.25, -0.2) is 10.8 Å². The molecular formula is C13H20BrN5. The quantitative estimate of drug-likeness (QED) is 0.646. The molecule has 2 fully saturated rings. The van der Waals surface area contributed by atoms with Gasteiger partial charge in [-0.1, -0.05) is 19.3 Å². The molecule has 1 aromatic rings. The Morgan fingerprint density at radius 2 is 2.05 bits per heavy atom. The summed E-state index contributed by atoms with van der Waals surface area (Å²) >= 11 is 3.55. The molecule has 5 nitrogen and oxygen atoms in total. The molecule has 1 spiro atoms. The van der Waals surface area contributed by atoms with Gasteiger partial charge in [0.05, 0.1) is 4.47 Å². The number of hydrogen-bond donors (Lipinski definition) is 2. The summed E-state index contributed by atoms with van der Waals surface area (Å²) in [5.41, 5.74) is 3.05. The molecule has 0 radical (unpaired) electrons. The Morgan fingerprint density at radius 3 is 2.79 bits per heavy atom. The zero-order chi connectivity index (χ0) is 13.3. The Kier molecular flexibility index (Phi) is 3.62. The van der Waals surface area contributed by atoms with E-state index in [1.165, 1.54) is 38.5 Å². The first-order chi connectivity index (χ1) is 9.22. The third-order valence-corrected chi connectivity index (χ3v) is 5.07. The van der Waals surface area contributed by atoms with Gasteiger partial charge < -0.3 is 4.90 Å². The number of nitrogens with zero attached hydrogens (tertiary/aromatic N) is 3. The Labute approximate surface area is 122 Å². The summed E-state index contributed by atoms with van der Waals surface area (Å²) in [7, 11) is 0. The van der Waals surface area contributed by atoms with E-state index in [9.17, 15) is 0 Å². The second-order valence-electron chi connectivity index (χ2n) is 5.74. The lowest BCUT2D eigenvalue weighted by Crippen LogP contribution is -2.30. The fraction of sp³-hybridized carbons (Fsp3) is 0.692. The topological polar surface area (TPSA) is 67.1 Å². The van der Waals surface area contributed by atoms with Crippen molar-refractivity contribution in [2.75, 3.05) is 23.4 Å². The third-order valence-electron chi connectivity index (χ3n) is 4.51. The molecule has 0 unspecified atom stereocenters. The molecule has 1 saturated carbocycles. The standard InChI is InChI=1S/C13H20BrN5/c14-10-8-16-12(18-15)17-11(10)19-7-6-13(9-19)4-2-1-3-5-13/h8H,1-7,9,15H2,(H,16,17,18). The number of aromatic nitrogens is 2. The molecule has 0 amide bonds. The smallest absolute Gasteiger partial charge is 0.239 e. The first kappa shape index (κ1) is 13.1. The maximum Gasteiger partial charge on any atom is 0.239 e. The van der Waals surface area contributed by atoms with Gasteiger partial charge in [0.1, 0.15) is 5.82 Å². The third kappa shape index (κ3) is 2.56. The monoisotopic (exact) mass is 325 g/mol. The minimum atomic E-state index is 0.475. The van der Waals surface area contributed by atoms with Crippen LogP contribution in [0.4, 0.5) is 11.8 Å². The number of nitrogen functional groups attached to an aromatic ring is 1. The first-order valence-corrected chi connectivity index (χ1v) is 7.76. The molecule has 6 heteroatoms. The lowest BCUT2D eigenvalue weighted by atomic mass is 9.73. The van der Waals surface area contributed by atoms with Gasteiger partial charge in [-0.3, -0.25) is 5.43 Å². The molecule has 104 valence electrons. The molecule has 1 aliphatic heterocycles. The van der Waals surface area contributed by atoms with Crippen molar-refractivity contribution in [3.8, 4) is 0 Å². The van der Waals surface area contributed by atoms with E-state index in [4.69, 9.17) is 5.84 Å². The van der Waals surface area contributed by atoms with Crippen molar-refractivity contribution < 1.29 is 0 Å². The molecule has 3 N–H and O–H groups in total. The molecule has 0 atom stereocenters. The lowest BCUT2D eigenvalue weighted by molar-refractivity contribution is 0.219. The predicted molar refractivity (Wildman–Crippen MR) is 79.9 cm³/mol. The first-order valence-electron chi connectivity index (χ1n) is 6.97. The summed E-state index contributed by atoms with van der Waals surface area (Å²) in [6, 6.07) is 0. The van der Waals surface area contributed by atoms with E-state index < -0.39 is 0 Å². The van der Waals surface area contributed by atoms with Crippen LogP contribution in [-0.2, 0) is 0 Å². The minimum absolute atomic E-state index is 0.475. The highest BCUT2D eigenvalue weighted by molar-refractivity contribution is 9.10. The maximum absolute atomic E-state index is 5.39. The van der Waals surface area contributed by atoms with Crippen LogP contribution in [0.3, 0.4) is 0 Å². The van der Waals surface area contributed by atoms with Crippen LogP contribution < -0.4 is 16.2 Å². The average molecular weight is 326 g/mol. The summed E-state index contributed by atoms with van der Waals surface area (Å²) in [6.45, 7) is 2.20. The molecule has 1 aromatic heterocycles. The summed E-state index contributed by atoms with van der Waals surface area (Å²) < 4.78 is 0.944. The van der Waals surface area contributed by atoms with Crippen molar-refractivity contribution in [1.29, 1.82) is 0 Å². The van der Waals surface area contributed by atoms with Crippen LogP contribution in [-0.4, -0.2) is 23.1 Å². The van der Waals surface area contributed by atoms with Gasteiger partial charge in [0.25, 0.3) is 0 Å². The zero-order valence-electron chi connectivity index (χ0n) is 11.0. The van der Waals surface area contributed by atoms with Crippen LogP contribution in [0.15, 0.2) is 10.7 Å². The Hall–Kier alpha value is -0.880. The Morgan fingerprint density at radius 1 is 1.26 bits per heavy atom. The van der Waals surface area contributed by atoms with E-state index in [2.05, 4.69) is 36.2 Å². The molecule has 0 aromatic carbocycles. The summed E-state index contributed by atoms with van der Waals surface area (Å²) in [4.78, 5) is 11.0. The Balaban J connectivity index is 1.80. The van der Waals surface area contributed by atoms with E-state index in [0.29, 0.717) is 11.4 Å². The minimum Gasteiger partial charge on any atom is -0.355 e. The van der Waals surface area contributed by atoms with Crippen molar-refractivity contribution in [2.24, 2.45) is 11.3 Å². The average Bonchev–Trinajstić information content (AvgIpc) is 2.84. The summed E-state index contributed by atoms with van der Waals surface area (Å²) in [6.07, 6.45) is 9.96. The molecule has 2 aliphatic rings. The van der Waals surface area contributed by atoms with E-state index in [0.717, 1.165) is 23.4 Å². The number of nitrogens with two attached hydrogens (primary N) is 1. The number of hydrazine groups is 1. The number of anilines is 2. The lowest BCUT2D eigenvalue weighted by Gasteiger charge is -2.33. The van der Waals surface area contributed by atoms with Crippen molar-refractivity contribution in [2.45, 2.75) is 38.5 Å². The molecule has 1 aliphatic carbocycles. The summed E-state index contributed by atoms with van der Waals surface area (Å²) in [5, 5.41) is 0. The summed E-state index contributed by atoms with van der Waals surface area (Å²) in [5.74, 6) is 6.83. The predicted octanol–water partition coefficient (Wildman–Crippen LogP) is 2.69. The highest BCUT2D eigenvalue weighted by atomic mass is 79.9.